The molecule has 34 heavy (non-hydrogen) atoms. The molecule has 2 amide bonds. The number of hydrogen-bond acceptors (Lipinski definition) is 6. The van der Waals surface area contributed by atoms with Gasteiger partial charge in [-0.25, -0.2) is 0 Å². The standard InChI is InChI=1S/C26H42N4O4/c1-24(2,3)26(13-8-9-14-27-26)23(33)28-19-12-15-30(21(19)31)20-11-10-17(29-25(4,5)6)16-18(20)22(32)34-7/h8-9,13-14,17-20,27,29H,10-12,15-16H2,1-7H3,(H,28,33)/t17-,18-,19+,20+,26?/m1/s1. The summed E-state index contributed by atoms with van der Waals surface area (Å²) in [6.45, 7) is 12.8. The smallest absolute Gasteiger partial charge is 0.310 e. The van der Waals surface area contributed by atoms with Gasteiger partial charge >= 0.3 is 5.97 Å². The molecular formula is C26H42N4O4. The van der Waals surface area contributed by atoms with Gasteiger partial charge < -0.3 is 25.6 Å². The van der Waals surface area contributed by atoms with Gasteiger partial charge in [-0.3, -0.25) is 14.4 Å². The third-order valence-electron chi connectivity index (χ3n) is 7.31. The second-order valence-electron chi connectivity index (χ2n) is 11.9. The van der Waals surface area contributed by atoms with Gasteiger partial charge in [0.25, 0.3) is 5.91 Å². The summed E-state index contributed by atoms with van der Waals surface area (Å²) in [5.41, 5.74) is -1.41. The largest absolute Gasteiger partial charge is 0.469 e. The van der Waals surface area contributed by atoms with E-state index in [2.05, 4.69) is 36.7 Å². The minimum absolute atomic E-state index is 0.0587. The number of dihydropyridines is 1. The average molecular weight is 475 g/mol. The Bertz CT molecular complexity index is 854. The summed E-state index contributed by atoms with van der Waals surface area (Å²) in [6.07, 6.45) is 10.1. The van der Waals surface area contributed by atoms with Crippen LogP contribution in [0.1, 0.15) is 67.2 Å². The predicted molar refractivity (Wildman–Crippen MR) is 132 cm³/mol. The highest BCUT2D eigenvalue weighted by Crippen LogP contribution is 2.35. The fourth-order valence-electron chi connectivity index (χ4n) is 5.54. The van der Waals surface area contributed by atoms with Gasteiger partial charge in [-0.05, 0) is 70.2 Å². The van der Waals surface area contributed by atoms with Crippen LogP contribution < -0.4 is 16.0 Å². The molecule has 190 valence electrons. The first kappa shape index (κ1) is 26.3. The number of methoxy groups -OCH3 is 1. The van der Waals surface area contributed by atoms with E-state index in [0.717, 1.165) is 12.8 Å². The van der Waals surface area contributed by atoms with Crippen LogP contribution in [-0.2, 0) is 19.1 Å². The molecule has 0 spiro atoms. The minimum Gasteiger partial charge on any atom is -0.469 e. The van der Waals surface area contributed by atoms with Crippen LogP contribution in [0.15, 0.2) is 24.4 Å². The van der Waals surface area contributed by atoms with Crippen LogP contribution in [0.2, 0.25) is 0 Å². The summed E-state index contributed by atoms with van der Waals surface area (Å²) < 4.78 is 5.12. The molecule has 8 nitrogen and oxygen atoms in total. The Labute approximate surface area is 203 Å². The molecule has 2 heterocycles. The number of nitrogens with zero attached hydrogens (tertiary/aromatic N) is 1. The van der Waals surface area contributed by atoms with Crippen molar-refractivity contribution in [2.45, 2.75) is 96.4 Å². The SMILES string of the molecule is COC(=O)[C@@H]1C[C@H](NC(C)(C)C)CC[C@@H]1N1CC[C@H](NC(=O)C2(C(C)(C)C)C=CC=CN2)C1=O. The second kappa shape index (κ2) is 9.72. The van der Waals surface area contributed by atoms with Crippen LogP contribution in [0.3, 0.4) is 0 Å². The maximum atomic E-state index is 13.4. The number of likely N-dealkylation sites (tertiary alicyclic amines) is 1. The molecule has 1 saturated carbocycles. The van der Waals surface area contributed by atoms with Crippen molar-refractivity contribution in [1.82, 2.24) is 20.9 Å². The van der Waals surface area contributed by atoms with Crippen LogP contribution in [0.5, 0.6) is 0 Å². The Hall–Kier alpha value is -2.35. The minimum atomic E-state index is -0.944. The van der Waals surface area contributed by atoms with E-state index in [9.17, 15) is 14.4 Å². The van der Waals surface area contributed by atoms with Gasteiger partial charge in [0.1, 0.15) is 11.6 Å². The highest BCUT2D eigenvalue weighted by molar-refractivity contribution is 5.95. The fourth-order valence-corrected chi connectivity index (χ4v) is 5.54. The first-order valence-electron chi connectivity index (χ1n) is 12.4. The Balaban J connectivity index is 1.72. The zero-order valence-corrected chi connectivity index (χ0v) is 21.7. The topological polar surface area (TPSA) is 99.8 Å². The molecule has 8 heteroatoms. The van der Waals surface area contributed by atoms with E-state index in [1.54, 1.807) is 11.1 Å². The Morgan fingerprint density at radius 3 is 2.38 bits per heavy atom. The lowest BCUT2D eigenvalue weighted by molar-refractivity contribution is -0.152. The summed E-state index contributed by atoms with van der Waals surface area (Å²) in [5, 5.41) is 9.81. The van der Waals surface area contributed by atoms with Crippen LogP contribution in [0, 0.1) is 11.3 Å². The third-order valence-corrected chi connectivity index (χ3v) is 7.31. The van der Waals surface area contributed by atoms with Gasteiger partial charge in [-0.1, -0.05) is 26.8 Å². The predicted octanol–water partition coefficient (Wildman–Crippen LogP) is 2.26. The van der Waals surface area contributed by atoms with E-state index in [1.807, 2.05) is 39.0 Å². The highest BCUT2D eigenvalue weighted by atomic mass is 16.5. The molecule has 2 fully saturated rings. The molecule has 0 aromatic carbocycles. The Kier molecular flexibility index (Phi) is 7.51. The third kappa shape index (κ3) is 5.32. The molecule has 2 aliphatic heterocycles. The Morgan fingerprint density at radius 2 is 1.82 bits per heavy atom. The number of carbonyl (C=O) groups excluding carboxylic acids is 3. The van der Waals surface area contributed by atoms with Gasteiger partial charge in [0.2, 0.25) is 5.91 Å². The van der Waals surface area contributed by atoms with Crippen molar-refractivity contribution in [1.29, 1.82) is 0 Å². The number of hydrogen-bond donors (Lipinski definition) is 3. The molecule has 0 bridgehead atoms. The molecule has 0 aromatic rings. The number of rotatable bonds is 5. The zero-order valence-electron chi connectivity index (χ0n) is 21.7. The molecule has 1 saturated heterocycles. The monoisotopic (exact) mass is 474 g/mol. The lowest BCUT2D eigenvalue weighted by atomic mass is 9.71. The molecule has 1 unspecified atom stereocenters. The highest BCUT2D eigenvalue weighted by Gasteiger charge is 2.50. The maximum absolute atomic E-state index is 13.4. The number of carbonyl (C=O) groups is 3. The van der Waals surface area contributed by atoms with E-state index < -0.39 is 17.0 Å². The van der Waals surface area contributed by atoms with Gasteiger partial charge in [-0.2, -0.15) is 0 Å². The van der Waals surface area contributed by atoms with Crippen molar-refractivity contribution in [2.75, 3.05) is 13.7 Å². The van der Waals surface area contributed by atoms with Crippen molar-refractivity contribution in [3.63, 3.8) is 0 Å². The van der Waals surface area contributed by atoms with E-state index >= 15 is 0 Å². The summed E-state index contributed by atoms with van der Waals surface area (Å²) in [4.78, 5) is 41.4. The molecule has 3 rings (SSSR count). The normalized spacial score (nSPS) is 31.9. The number of allylic oxidation sites excluding steroid dienone is 2. The molecule has 3 aliphatic rings. The van der Waals surface area contributed by atoms with Crippen molar-refractivity contribution in [3.05, 3.63) is 24.4 Å². The first-order chi connectivity index (χ1) is 15.8. The van der Waals surface area contributed by atoms with Gasteiger partial charge in [0, 0.05) is 24.2 Å². The van der Waals surface area contributed by atoms with E-state index in [1.165, 1.54) is 7.11 Å². The van der Waals surface area contributed by atoms with E-state index in [-0.39, 0.29) is 41.3 Å². The molecule has 0 aromatic heterocycles. The molecule has 1 aliphatic carbocycles. The summed E-state index contributed by atoms with van der Waals surface area (Å²) in [7, 11) is 1.40. The van der Waals surface area contributed by atoms with Crippen LogP contribution in [0.25, 0.3) is 0 Å². The number of esters is 1. The lowest BCUT2D eigenvalue weighted by Gasteiger charge is -2.43. The quantitative estimate of drug-likeness (QED) is 0.529. The summed E-state index contributed by atoms with van der Waals surface area (Å²) in [5.74, 6) is -0.996. The average Bonchev–Trinajstić information content (AvgIpc) is 3.11. The lowest BCUT2D eigenvalue weighted by Crippen LogP contribution is -2.64. The molecular weight excluding hydrogens is 432 g/mol. The second-order valence-corrected chi connectivity index (χ2v) is 11.9. The number of amides is 2. The Morgan fingerprint density at radius 1 is 1.12 bits per heavy atom. The number of ether oxygens (including phenoxy) is 1. The molecule has 5 atom stereocenters. The van der Waals surface area contributed by atoms with Crippen molar-refractivity contribution < 1.29 is 19.1 Å². The van der Waals surface area contributed by atoms with Crippen molar-refractivity contribution >= 4 is 17.8 Å². The van der Waals surface area contributed by atoms with Crippen LogP contribution in [0.4, 0.5) is 0 Å². The van der Waals surface area contributed by atoms with Gasteiger partial charge in [-0.15, -0.1) is 0 Å². The summed E-state index contributed by atoms with van der Waals surface area (Å²) >= 11 is 0. The van der Waals surface area contributed by atoms with Crippen LogP contribution >= 0.6 is 0 Å². The maximum Gasteiger partial charge on any atom is 0.310 e. The zero-order chi connectivity index (χ0) is 25.3. The van der Waals surface area contributed by atoms with E-state index in [4.69, 9.17) is 4.74 Å². The van der Waals surface area contributed by atoms with Gasteiger partial charge in [0.15, 0.2) is 0 Å². The fraction of sp³-hybridized carbons (Fsp3) is 0.731. The van der Waals surface area contributed by atoms with Crippen LogP contribution in [-0.4, -0.2) is 65.5 Å². The summed E-state index contributed by atoms with van der Waals surface area (Å²) in [6, 6.07) is -0.624. The molecule has 3 N–H and O–H groups in total. The first-order valence-corrected chi connectivity index (χ1v) is 12.4. The van der Waals surface area contributed by atoms with Gasteiger partial charge in [0.05, 0.1) is 13.0 Å². The van der Waals surface area contributed by atoms with E-state index in [0.29, 0.717) is 19.4 Å². The molecule has 0 radical (unpaired) electrons. The number of nitrogens with one attached hydrogen (secondary N) is 3. The van der Waals surface area contributed by atoms with Crippen molar-refractivity contribution in [3.8, 4) is 0 Å². The van der Waals surface area contributed by atoms with Crippen molar-refractivity contribution in [2.24, 2.45) is 11.3 Å².